The lowest BCUT2D eigenvalue weighted by atomic mass is 9.84. The van der Waals surface area contributed by atoms with Crippen molar-refractivity contribution in [2.24, 2.45) is 23.7 Å². The molecule has 0 spiro atoms. The molecule has 0 radical (unpaired) electrons. The Balaban J connectivity index is 5.71. The molecule has 8 atom stereocenters. The molecule has 0 saturated heterocycles. The molecule has 0 N–H and O–H groups in total. The van der Waals surface area contributed by atoms with Crippen LogP contribution in [0.25, 0.3) is 0 Å². The second-order valence-electron chi connectivity index (χ2n) is 7.95. The smallest absolute Gasteiger partial charge is 0.126 e. The van der Waals surface area contributed by atoms with E-state index >= 15 is 0 Å². The molecule has 0 aromatic rings. The minimum Gasteiger partial charge on any atom is -0.126 e. The molecule has 0 aromatic heterocycles. The van der Waals surface area contributed by atoms with Crippen LogP contribution in [-0.4, -0.2) is 45.5 Å². The van der Waals surface area contributed by atoms with Gasteiger partial charge >= 0.3 is 8.25 Å². The normalized spacial score (nSPS) is 23.6. The summed E-state index contributed by atoms with van der Waals surface area (Å²) in [5, 5.41) is -1.04. The number of halogens is 6. The quantitative estimate of drug-likeness (QED) is 0.166. The fourth-order valence-corrected chi connectivity index (χ4v) is 6.00. The summed E-state index contributed by atoms with van der Waals surface area (Å²) >= 11 is 37.4. The van der Waals surface area contributed by atoms with Crippen LogP contribution in [-0.2, 0) is 13.6 Å². The SMILES string of the molecule is CC(CCl)C(Cl)C(C)(O[P+](=O)OC(C)(C(C)CCl)C(Cl)C(C)CCl)C(C)CCl. The topological polar surface area (TPSA) is 35.5 Å². The van der Waals surface area contributed by atoms with Gasteiger partial charge in [0.2, 0.25) is 0 Å². The third-order valence-corrected chi connectivity index (χ3v) is 10.3. The van der Waals surface area contributed by atoms with Crippen molar-refractivity contribution in [3.63, 3.8) is 0 Å². The van der Waals surface area contributed by atoms with E-state index in [1.165, 1.54) is 0 Å². The van der Waals surface area contributed by atoms with Crippen molar-refractivity contribution in [2.45, 2.75) is 63.5 Å². The lowest BCUT2D eigenvalue weighted by Crippen LogP contribution is -2.50. The number of hydrogen-bond acceptors (Lipinski definition) is 3. The molecule has 8 unspecified atom stereocenters. The first-order chi connectivity index (χ1) is 12.8. The summed E-state index contributed by atoms with van der Waals surface area (Å²) in [6.07, 6.45) is 0. The second kappa shape index (κ2) is 13.3. The molecular weight excluding hydrogens is 508 g/mol. The predicted octanol–water partition coefficient (Wildman–Crippen LogP) is 7.91. The van der Waals surface area contributed by atoms with Crippen molar-refractivity contribution in [2.75, 3.05) is 23.5 Å². The molecule has 10 heteroatoms. The maximum atomic E-state index is 13.0. The largest absolute Gasteiger partial charge is 0.698 e. The average molecular weight is 540 g/mol. The Morgan fingerprint density at radius 1 is 0.714 bits per heavy atom. The van der Waals surface area contributed by atoms with Crippen LogP contribution in [0.2, 0.25) is 0 Å². The van der Waals surface area contributed by atoms with E-state index in [9.17, 15) is 4.57 Å². The highest BCUT2D eigenvalue weighted by atomic mass is 35.5. The van der Waals surface area contributed by atoms with Crippen LogP contribution < -0.4 is 0 Å². The number of hydrogen-bond donors (Lipinski definition) is 0. The van der Waals surface area contributed by atoms with E-state index in [0.717, 1.165) is 0 Å². The van der Waals surface area contributed by atoms with Gasteiger partial charge in [0.15, 0.2) is 0 Å². The van der Waals surface area contributed by atoms with E-state index in [-0.39, 0.29) is 35.4 Å². The molecule has 0 amide bonds. The van der Waals surface area contributed by atoms with Gasteiger partial charge in [-0.1, -0.05) is 27.7 Å². The van der Waals surface area contributed by atoms with E-state index in [4.69, 9.17) is 78.7 Å². The lowest BCUT2D eigenvalue weighted by molar-refractivity contribution is -0.0243. The van der Waals surface area contributed by atoms with E-state index in [1.54, 1.807) is 13.8 Å². The van der Waals surface area contributed by atoms with Gasteiger partial charge in [-0.05, 0) is 25.7 Å². The van der Waals surface area contributed by atoms with Crippen molar-refractivity contribution in [1.82, 2.24) is 0 Å². The summed E-state index contributed by atoms with van der Waals surface area (Å²) in [5.41, 5.74) is -2.04. The van der Waals surface area contributed by atoms with Crippen molar-refractivity contribution in [3.8, 4) is 0 Å². The standard InChI is InChI=1S/C18H32Cl6O3P/c1-11(7-19)15(23)17(5,13(3)9-21)26-28(25)27-18(6,14(4)10-22)16(24)12(2)8-20/h11-16H,7-10H2,1-6H3/q+1. The van der Waals surface area contributed by atoms with Crippen molar-refractivity contribution in [1.29, 1.82) is 0 Å². The molecule has 0 bridgehead atoms. The summed E-state index contributed by atoms with van der Waals surface area (Å²) in [4.78, 5) is 0. The van der Waals surface area contributed by atoms with Crippen LogP contribution in [0, 0.1) is 23.7 Å². The first-order valence-corrected chi connectivity index (χ1v) is 13.3. The molecule has 28 heavy (non-hydrogen) atoms. The first kappa shape index (κ1) is 29.8. The van der Waals surface area contributed by atoms with Crippen LogP contribution >= 0.6 is 77.9 Å². The molecule has 0 aromatic carbocycles. The summed E-state index contributed by atoms with van der Waals surface area (Å²) in [6.45, 7) is 11.1. The fraction of sp³-hybridized carbons (Fsp3) is 1.00. The van der Waals surface area contributed by atoms with Gasteiger partial charge in [0.05, 0.1) is 10.8 Å². The Hall–Kier alpha value is 1.76. The molecule has 3 nitrogen and oxygen atoms in total. The first-order valence-electron chi connectivity index (χ1n) is 9.23. The molecule has 0 saturated carbocycles. The van der Waals surface area contributed by atoms with Crippen molar-refractivity contribution in [3.05, 3.63) is 0 Å². The predicted molar refractivity (Wildman–Crippen MR) is 125 cm³/mol. The third kappa shape index (κ3) is 7.42. The second-order valence-corrected chi connectivity index (χ2v) is 10.9. The average Bonchev–Trinajstić information content (AvgIpc) is 2.69. The van der Waals surface area contributed by atoms with E-state index < -0.39 is 30.2 Å². The van der Waals surface area contributed by atoms with Crippen LogP contribution in [0.3, 0.4) is 0 Å². The van der Waals surface area contributed by atoms with E-state index in [2.05, 4.69) is 0 Å². The van der Waals surface area contributed by atoms with Gasteiger partial charge in [-0.3, -0.25) is 0 Å². The fourth-order valence-electron chi connectivity index (χ4n) is 2.76. The highest BCUT2D eigenvalue weighted by Gasteiger charge is 2.54. The van der Waals surface area contributed by atoms with Gasteiger partial charge in [-0.15, -0.1) is 78.7 Å². The summed E-state index contributed by atoms with van der Waals surface area (Å²) in [5.74, 6) is 0.629. The number of alkyl halides is 6. The summed E-state index contributed by atoms with van der Waals surface area (Å²) in [6, 6.07) is 0. The van der Waals surface area contributed by atoms with Gasteiger partial charge in [-0.2, -0.15) is 0 Å². The van der Waals surface area contributed by atoms with Crippen molar-refractivity contribution < 1.29 is 13.6 Å². The van der Waals surface area contributed by atoms with Gasteiger partial charge in [0.1, 0.15) is 11.2 Å². The maximum Gasteiger partial charge on any atom is 0.698 e. The van der Waals surface area contributed by atoms with E-state index in [1.807, 2.05) is 27.7 Å². The molecule has 168 valence electrons. The Morgan fingerprint density at radius 3 is 1.21 bits per heavy atom. The molecule has 0 aliphatic carbocycles. The highest BCUT2D eigenvalue weighted by Crippen LogP contribution is 2.48. The van der Waals surface area contributed by atoms with E-state index in [0.29, 0.717) is 11.8 Å². The zero-order chi connectivity index (χ0) is 22.3. The van der Waals surface area contributed by atoms with Gasteiger partial charge in [0.25, 0.3) is 0 Å². The molecule has 0 aliphatic heterocycles. The summed E-state index contributed by atoms with van der Waals surface area (Å²) < 4.78 is 24.8. The van der Waals surface area contributed by atoms with Crippen molar-refractivity contribution >= 4 is 77.9 Å². The molecule has 0 rings (SSSR count). The number of rotatable bonds is 14. The zero-order valence-corrected chi connectivity index (χ0v) is 22.7. The molecule has 0 fully saturated rings. The zero-order valence-electron chi connectivity index (χ0n) is 17.2. The summed E-state index contributed by atoms with van der Waals surface area (Å²) in [7, 11) is -2.58. The monoisotopic (exact) mass is 537 g/mol. The Bertz CT molecular complexity index is 448. The molecule has 0 heterocycles. The van der Waals surface area contributed by atoms with Crippen LogP contribution in [0.15, 0.2) is 0 Å². The minimum atomic E-state index is -2.58. The van der Waals surface area contributed by atoms with Crippen LogP contribution in [0.1, 0.15) is 41.5 Å². The van der Waals surface area contributed by atoms with Crippen LogP contribution in [0.5, 0.6) is 0 Å². The van der Waals surface area contributed by atoms with Gasteiger partial charge in [-0.25, -0.2) is 0 Å². The minimum absolute atomic E-state index is 0.0902. The van der Waals surface area contributed by atoms with Crippen LogP contribution in [0.4, 0.5) is 0 Å². The molecule has 0 aliphatic rings. The Kier molecular flexibility index (Phi) is 14.2. The molecular formula is C18H32Cl6O3P+. The third-order valence-electron chi connectivity index (χ3n) is 5.54. The lowest BCUT2D eigenvalue weighted by Gasteiger charge is -2.38. The Labute approximate surface area is 201 Å². The van der Waals surface area contributed by atoms with Gasteiger partial charge in [0, 0.05) is 39.9 Å². The Morgan fingerprint density at radius 2 is 1.00 bits per heavy atom. The highest BCUT2D eigenvalue weighted by molar-refractivity contribution is 7.33. The van der Waals surface area contributed by atoms with Gasteiger partial charge < -0.3 is 0 Å². The maximum absolute atomic E-state index is 13.0.